The minimum absolute atomic E-state index is 0.917. The van der Waals surface area contributed by atoms with Crippen molar-refractivity contribution in [1.82, 2.24) is 0 Å². The molecule has 10 aromatic rings. The minimum Gasteiger partial charge on any atom is -0.456 e. The topological polar surface area (TPSA) is 13.1 Å². The molecule has 228 valence electrons. The lowest BCUT2D eigenvalue weighted by molar-refractivity contribution is 0.669. The SMILES string of the molecule is c1ccc(-c2ccc3c(c2)oc2ccc4cc(-c5ccc(-c6c7ccccc7c(-c7ccccc7)c7ccccc67)cc5)ccc4c23)cc1. The zero-order chi connectivity index (χ0) is 32.3. The molecule has 49 heavy (non-hydrogen) atoms. The predicted molar refractivity (Wildman–Crippen MR) is 208 cm³/mol. The molecule has 0 aliphatic heterocycles. The highest BCUT2D eigenvalue weighted by Crippen LogP contribution is 2.44. The van der Waals surface area contributed by atoms with E-state index in [1.807, 2.05) is 6.07 Å². The molecule has 0 N–H and O–H groups in total. The van der Waals surface area contributed by atoms with Gasteiger partial charge >= 0.3 is 0 Å². The van der Waals surface area contributed by atoms with Gasteiger partial charge in [0.25, 0.3) is 0 Å². The maximum absolute atomic E-state index is 6.39. The van der Waals surface area contributed by atoms with Crippen molar-refractivity contribution in [3.63, 3.8) is 0 Å². The molecule has 0 radical (unpaired) electrons. The van der Waals surface area contributed by atoms with Gasteiger partial charge in [0.1, 0.15) is 11.2 Å². The Balaban J connectivity index is 1.07. The first-order valence-corrected chi connectivity index (χ1v) is 16.8. The van der Waals surface area contributed by atoms with Gasteiger partial charge in [-0.05, 0) is 101 Å². The summed E-state index contributed by atoms with van der Waals surface area (Å²) < 4.78 is 6.39. The standard InChI is InChI=1S/C48H30O/c1-3-11-31(12-4-1)36-24-27-43-45(30-36)49-44-28-25-37-29-35(23-26-38(37)48(43)44)32-19-21-34(22-20-32)47-41-17-9-7-15-39(41)46(33-13-5-2-6-14-33)40-16-8-10-18-42(40)47/h1-30H. The fraction of sp³-hybridized carbons (Fsp3) is 0. The third-order valence-corrected chi connectivity index (χ3v) is 10.1. The van der Waals surface area contributed by atoms with Crippen LogP contribution in [0.5, 0.6) is 0 Å². The van der Waals surface area contributed by atoms with Crippen molar-refractivity contribution in [2.75, 3.05) is 0 Å². The molecule has 1 aromatic heterocycles. The highest BCUT2D eigenvalue weighted by atomic mass is 16.3. The Hall–Kier alpha value is -6.44. The summed E-state index contributed by atoms with van der Waals surface area (Å²) >= 11 is 0. The molecule has 0 spiro atoms. The van der Waals surface area contributed by atoms with Crippen molar-refractivity contribution < 1.29 is 4.42 Å². The van der Waals surface area contributed by atoms with Crippen molar-refractivity contribution in [3.8, 4) is 44.5 Å². The van der Waals surface area contributed by atoms with Crippen molar-refractivity contribution in [2.24, 2.45) is 0 Å². The van der Waals surface area contributed by atoms with Gasteiger partial charge in [0.2, 0.25) is 0 Å². The van der Waals surface area contributed by atoms with Gasteiger partial charge in [-0.25, -0.2) is 0 Å². The molecule has 0 fully saturated rings. The van der Waals surface area contributed by atoms with Crippen LogP contribution < -0.4 is 0 Å². The van der Waals surface area contributed by atoms with E-state index in [-0.39, 0.29) is 0 Å². The molecule has 0 aliphatic rings. The molecule has 0 aliphatic carbocycles. The zero-order valence-electron chi connectivity index (χ0n) is 26.7. The Morgan fingerprint density at radius 2 is 0.714 bits per heavy atom. The maximum Gasteiger partial charge on any atom is 0.136 e. The van der Waals surface area contributed by atoms with E-state index in [2.05, 4.69) is 176 Å². The van der Waals surface area contributed by atoms with Crippen molar-refractivity contribution in [1.29, 1.82) is 0 Å². The van der Waals surface area contributed by atoms with Gasteiger partial charge in [0, 0.05) is 10.8 Å². The van der Waals surface area contributed by atoms with Crippen molar-refractivity contribution in [2.45, 2.75) is 0 Å². The fourth-order valence-electron chi connectivity index (χ4n) is 7.78. The Labute approximate surface area is 284 Å². The number of fused-ring (bicyclic) bond motifs is 7. The summed E-state index contributed by atoms with van der Waals surface area (Å²) in [6.07, 6.45) is 0. The summed E-state index contributed by atoms with van der Waals surface area (Å²) in [4.78, 5) is 0. The van der Waals surface area contributed by atoms with Crippen molar-refractivity contribution >= 4 is 54.3 Å². The van der Waals surface area contributed by atoms with Crippen LogP contribution in [0.3, 0.4) is 0 Å². The molecule has 1 heterocycles. The van der Waals surface area contributed by atoms with Gasteiger partial charge < -0.3 is 4.42 Å². The summed E-state index contributed by atoms with van der Waals surface area (Å²) in [5.74, 6) is 0. The summed E-state index contributed by atoms with van der Waals surface area (Å²) in [6, 6.07) is 65.7. The molecule has 9 aromatic carbocycles. The molecule has 1 heteroatoms. The smallest absolute Gasteiger partial charge is 0.136 e. The van der Waals surface area contributed by atoms with Crippen LogP contribution in [0.15, 0.2) is 186 Å². The van der Waals surface area contributed by atoms with Gasteiger partial charge in [-0.1, -0.05) is 158 Å². The van der Waals surface area contributed by atoms with Gasteiger partial charge in [0.05, 0.1) is 0 Å². The largest absolute Gasteiger partial charge is 0.456 e. The van der Waals surface area contributed by atoms with E-state index in [0.29, 0.717) is 0 Å². The predicted octanol–water partition coefficient (Wildman–Crippen LogP) is 13.7. The van der Waals surface area contributed by atoms with E-state index < -0.39 is 0 Å². The van der Waals surface area contributed by atoms with E-state index in [9.17, 15) is 0 Å². The number of hydrogen-bond acceptors (Lipinski definition) is 1. The molecular formula is C48H30O. The molecule has 1 nitrogen and oxygen atoms in total. The average Bonchev–Trinajstić information content (AvgIpc) is 3.56. The monoisotopic (exact) mass is 622 g/mol. The number of furan rings is 1. The highest BCUT2D eigenvalue weighted by molar-refractivity contribution is 6.22. The van der Waals surface area contributed by atoms with Crippen LogP contribution in [0.25, 0.3) is 98.8 Å². The lowest BCUT2D eigenvalue weighted by Crippen LogP contribution is -1.90. The van der Waals surface area contributed by atoms with Crippen LogP contribution >= 0.6 is 0 Å². The summed E-state index contributed by atoms with van der Waals surface area (Å²) in [7, 11) is 0. The Kier molecular flexibility index (Phi) is 6.25. The highest BCUT2D eigenvalue weighted by Gasteiger charge is 2.17. The van der Waals surface area contributed by atoms with Crippen LogP contribution in [0.4, 0.5) is 0 Å². The maximum atomic E-state index is 6.39. The van der Waals surface area contributed by atoms with E-state index in [1.165, 1.54) is 76.6 Å². The van der Waals surface area contributed by atoms with E-state index in [0.717, 1.165) is 22.1 Å². The summed E-state index contributed by atoms with van der Waals surface area (Å²) in [6.45, 7) is 0. The van der Waals surface area contributed by atoms with Crippen LogP contribution in [-0.2, 0) is 0 Å². The molecule has 0 saturated carbocycles. The quantitative estimate of drug-likeness (QED) is 0.178. The van der Waals surface area contributed by atoms with Crippen LogP contribution in [0.2, 0.25) is 0 Å². The first-order chi connectivity index (χ1) is 24.3. The molecule has 0 bridgehead atoms. The second kappa shape index (κ2) is 11.1. The number of hydrogen-bond donors (Lipinski definition) is 0. The van der Waals surface area contributed by atoms with Gasteiger partial charge in [0.15, 0.2) is 0 Å². The molecule has 0 saturated heterocycles. The lowest BCUT2D eigenvalue weighted by Gasteiger charge is -2.18. The third kappa shape index (κ3) is 4.47. The van der Waals surface area contributed by atoms with Crippen LogP contribution in [-0.4, -0.2) is 0 Å². The first kappa shape index (κ1) is 27.7. The Bertz CT molecular complexity index is 2790. The van der Waals surface area contributed by atoms with E-state index >= 15 is 0 Å². The third-order valence-electron chi connectivity index (χ3n) is 10.1. The van der Waals surface area contributed by atoms with Gasteiger partial charge in [-0.15, -0.1) is 0 Å². The van der Waals surface area contributed by atoms with Crippen molar-refractivity contribution in [3.05, 3.63) is 182 Å². The second-order valence-corrected chi connectivity index (χ2v) is 12.8. The molecule has 10 rings (SSSR count). The average molecular weight is 623 g/mol. The lowest BCUT2D eigenvalue weighted by atomic mass is 9.85. The summed E-state index contributed by atoms with van der Waals surface area (Å²) in [5, 5.41) is 9.82. The molecule has 0 unspecified atom stereocenters. The van der Waals surface area contributed by atoms with E-state index in [4.69, 9.17) is 4.42 Å². The first-order valence-electron chi connectivity index (χ1n) is 16.8. The second-order valence-electron chi connectivity index (χ2n) is 12.8. The molecule has 0 amide bonds. The van der Waals surface area contributed by atoms with E-state index in [1.54, 1.807) is 0 Å². The minimum atomic E-state index is 0.917. The number of benzene rings is 9. The summed E-state index contributed by atoms with van der Waals surface area (Å²) in [5.41, 5.74) is 11.6. The Morgan fingerprint density at radius 3 is 1.33 bits per heavy atom. The fourth-order valence-corrected chi connectivity index (χ4v) is 7.78. The molecular weight excluding hydrogens is 593 g/mol. The molecule has 0 atom stereocenters. The normalized spacial score (nSPS) is 11.7. The van der Waals surface area contributed by atoms with Crippen LogP contribution in [0, 0.1) is 0 Å². The zero-order valence-corrected chi connectivity index (χ0v) is 26.7. The van der Waals surface area contributed by atoms with Crippen LogP contribution in [0.1, 0.15) is 0 Å². The number of rotatable bonds is 4. The van der Waals surface area contributed by atoms with Gasteiger partial charge in [-0.3, -0.25) is 0 Å². The Morgan fingerprint density at radius 1 is 0.265 bits per heavy atom. The van der Waals surface area contributed by atoms with Gasteiger partial charge in [-0.2, -0.15) is 0 Å².